The molecule has 2 fully saturated rings. The Kier molecular flexibility index (Phi) is 7.56. The molecule has 1 heterocycles. The molecular weight excluding hydrogens is 506 g/mol. The summed E-state index contributed by atoms with van der Waals surface area (Å²) in [5.41, 5.74) is 3.70. The highest BCUT2D eigenvalue weighted by Gasteiger charge is 2.55. The number of methoxy groups -OCH3 is 1. The smallest absolute Gasteiger partial charge is 0.276 e. The third kappa shape index (κ3) is 5.69. The van der Waals surface area contributed by atoms with Crippen LogP contribution < -0.4 is 9.57 Å². The van der Waals surface area contributed by atoms with Crippen molar-refractivity contribution in [3.8, 4) is 5.75 Å². The SMILES string of the molecule is COc1ccc([C@H]2[C@@H](/C(=N\NS(=O)(=O)c3ccc(C)cc3)c3ccc(Cl)cc3)N2C2CCCCC2)cc1. The number of rotatable bonds is 8. The molecule has 3 aromatic carbocycles. The molecule has 37 heavy (non-hydrogen) atoms. The number of nitrogens with zero attached hydrogens (tertiary/aromatic N) is 2. The van der Waals surface area contributed by atoms with Gasteiger partial charge in [-0.25, -0.2) is 0 Å². The van der Waals surface area contributed by atoms with E-state index in [0.717, 1.165) is 29.7 Å². The highest BCUT2D eigenvalue weighted by atomic mass is 35.5. The monoisotopic (exact) mass is 537 g/mol. The van der Waals surface area contributed by atoms with Gasteiger partial charge in [-0.15, -0.1) is 0 Å². The quantitative estimate of drug-likeness (QED) is 0.214. The molecule has 1 N–H and O–H groups in total. The van der Waals surface area contributed by atoms with Crippen molar-refractivity contribution in [2.24, 2.45) is 5.10 Å². The molecule has 3 aromatic rings. The summed E-state index contributed by atoms with van der Waals surface area (Å²) in [6.07, 6.45) is 5.93. The van der Waals surface area contributed by atoms with Crippen molar-refractivity contribution < 1.29 is 13.2 Å². The van der Waals surface area contributed by atoms with Gasteiger partial charge < -0.3 is 4.74 Å². The second-order valence-electron chi connectivity index (χ2n) is 9.81. The number of benzene rings is 3. The fourth-order valence-electron chi connectivity index (χ4n) is 5.33. The lowest BCUT2D eigenvalue weighted by atomic mass is 9.95. The van der Waals surface area contributed by atoms with Crippen molar-refractivity contribution in [2.45, 2.75) is 62.0 Å². The van der Waals surface area contributed by atoms with Crippen LogP contribution in [-0.2, 0) is 10.0 Å². The summed E-state index contributed by atoms with van der Waals surface area (Å²) in [4.78, 5) is 5.20. The predicted octanol–water partition coefficient (Wildman–Crippen LogP) is 6.10. The van der Waals surface area contributed by atoms with E-state index in [4.69, 9.17) is 16.3 Å². The topological polar surface area (TPSA) is 70.8 Å². The molecule has 0 aromatic heterocycles. The zero-order valence-electron chi connectivity index (χ0n) is 21.1. The summed E-state index contributed by atoms with van der Waals surface area (Å²) in [6.45, 7) is 1.92. The number of sulfonamides is 1. The molecule has 6 nitrogen and oxygen atoms in total. The molecule has 3 atom stereocenters. The molecule has 0 amide bonds. The van der Waals surface area contributed by atoms with E-state index in [1.54, 1.807) is 31.4 Å². The van der Waals surface area contributed by atoms with Crippen molar-refractivity contribution in [2.75, 3.05) is 7.11 Å². The van der Waals surface area contributed by atoms with E-state index >= 15 is 0 Å². The molecule has 1 aliphatic heterocycles. The number of aryl methyl sites for hydroxylation is 1. The minimum atomic E-state index is -3.83. The number of halogens is 1. The number of hydrazone groups is 1. The van der Waals surface area contributed by atoms with Gasteiger partial charge in [0, 0.05) is 11.1 Å². The van der Waals surface area contributed by atoms with E-state index in [2.05, 4.69) is 27.0 Å². The van der Waals surface area contributed by atoms with Gasteiger partial charge in [0.2, 0.25) is 0 Å². The second kappa shape index (κ2) is 10.9. The van der Waals surface area contributed by atoms with E-state index in [1.165, 1.54) is 24.8 Å². The molecular formula is C29H32ClN3O3S. The van der Waals surface area contributed by atoms with Crippen LogP contribution in [0.1, 0.15) is 54.8 Å². The molecule has 5 rings (SSSR count). The Bertz CT molecular complexity index is 1350. The molecule has 194 valence electrons. The summed E-state index contributed by atoms with van der Waals surface area (Å²) >= 11 is 6.18. The third-order valence-corrected chi connectivity index (χ3v) is 8.82. The van der Waals surface area contributed by atoms with Gasteiger partial charge in [0.15, 0.2) is 0 Å². The molecule has 1 saturated carbocycles. The zero-order valence-corrected chi connectivity index (χ0v) is 22.7. The molecule has 1 unspecified atom stereocenters. The van der Waals surface area contributed by atoms with Crippen molar-refractivity contribution in [1.29, 1.82) is 0 Å². The van der Waals surface area contributed by atoms with E-state index < -0.39 is 10.0 Å². The van der Waals surface area contributed by atoms with Crippen LogP contribution in [0, 0.1) is 6.92 Å². The fourth-order valence-corrected chi connectivity index (χ4v) is 6.27. The Hall–Kier alpha value is -2.87. The minimum absolute atomic E-state index is 0.0570. The van der Waals surface area contributed by atoms with E-state index in [-0.39, 0.29) is 17.0 Å². The summed E-state index contributed by atoms with van der Waals surface area (Å²) in [5.74, 6) is 0.808. The first-order valence-corrected chi connectivity index (χ1v) is 14.6. The molecule has 0 spiro atoms. The molecule has 0 radical (unpaired) electrons. The van der Waals surface area contributed by atoms with Gasteiger partial charge in [0.1, 0.15) is 5.75 Å². The van der Waals surface area contributed by atoms with E-state index in [9.17, 15) is 8.42 Å². The van der Waals surface area contributed by atoms with E-state index in [0.29, 0.717) is 16.8 Å². The largest absolute Gasteiger partial charge is 0.497 e. The average molecular weight is 538 g/mol. The van der Waals surface area contributed by atoms with Crippen molar-refractivity contribution in [3.05, 3.63) is 94.5 Å². The number of ether oxygens (including phenoxy) is 1. The predicted molar refractivity (Wildman–Crippen MR) is 148 cm³/mol. The fraction of sp³-hybridized carbons (Fsp3) is 0.345. The van der Waals surface area contributed by atoms with Gasteiger partial charge >= 0.3 is 0 Å². The van der Waals surface area contributed by atoms with Gasteiger partial charge in [-0.2, -0.15) is 18.4 Å². The number of nitrogens with one attached hydrogen (secondary N) is 1. The van der Waals surface area contributed by atoms with Crippen LogP contribution in [0.15, 0.2) is 82.8 Å². The highest BCUT2D eigenvalue weighted by molar-refractivity contribution is 7.89. The van der Waals surface area contributed by atoms with Crippen molar-refractivity contribution in [1.82, 2.24) is 9.73 Å². The normalized spacial score (nSPS) is 22.5. The van der Waals surface area contributed by atoms with Crippen LogP contribution in [0.2, 0.25) is 5.02 Å². The maximum absolute atomic E-state index is 13.1. The third-order valence-electron chi connectivity index (χ3n) is 7.34. The van der Waals surface area contributed by atoms with Gasteiger partial charge in [0.05, 0.1) is 29.8 Å². The molecule has 2 aliphatic rings. The van der Waals surface area contributed by atoms with Gasteiger partial charge in [-0.3, -0.25) is 4.90 Å². The maximum atomic E-state index is 13.1. The van der Waals surface area contributed by atoms with Crippen LogP contribution in [0.3, 0.4) is 0 Å². The molecule has 0 bridgehead atoms. The Labute approximate surface area is 224 Å². The van der Waals surface area contributed by atoms with Crippen LogP contribution in [0.5, 0.6) is 5.75 Å². The first kappa shape index (κ1) is 25.8. The first-order valence-electron chi connectivity index (χ1n) is 12.7. The van der Waals surface area contributed by atoms with Crippen molar-refractivity contribution >= 4 is 27.3 Å². The average Bonchev–Trinajstić information content (AvgIpc) is 3.66. The number of hydrogen-bond acceptors (Lipinski definition) is 5. The lowest BCUT2D eigenvalue weighted by Crippen LogP contribution is -2.28. The lowest BCUT2D eigenvalue weighted by molar-refractivity contribution is 0.277. The van der Waals surface area contributed by atoms with Crippen LogP contribution in [-0.4, -0.2) is 38.2 Å². The second-order valence-corrected chi connectivity index (χ2v) is 11.9. The van der Waals surface area contributed by atoms with Gasteiger partial charge in [0.25, 0.3) is 10.0 Å². The molecule has 8 heteroatoms. The van der Waals surface area contributed by atoms with Crippen LogP contribution in [0.25, 0.3) is 0 Å². The van der Waals surface area contributed by atoms with Crippen molar-refractivity contribution in [3.63, 3.8) is 0 Å². The summed E-state index contributed by atoms with van der Waals surface area (Å²) in [7, 11) is -2.16. The lowest BCUT2D eigenvalue weighted by Gasteiger charge is -2.24. The number of hydrogen-bond donors (Lipinski definition) is 1. The zero-order chi connectivity index (χ0) is 26.0. The Balaban J connectivity index is 1.53. The highest BCUT2D eigenvalue weighted by Crippen LogP contribution is 2.49. The summed E-state index contributed by atoms with van der Waals surface area (Å²) in [6, 6.07) is 22.8. The standard InChI is InChI=1S/C29H32ClN3O3S/c1-20-8-18-26(19-9-20)37(34,35)32-31-27(21-10-14-23(30)15-11-21)29-28(22-12-16-25(36-2)17-13-22)33(29)24-6-4-3-5-7-24/h8-19,24,28-29,32H,3-7H2,1-2H3/b31-27-/t28-,29+,33?/m0/s1. The van der Waals surface area contributed by atoms with E-state index in [1.807, 2.05) is 43.3 Å². The van der Waals surface area contributed by atoms with Gasteiger partial charge in [-0.05, 0) is 67.3 Å². The molecule has 1 saturated heterocycles. The first-order chi connectivity index (χ1) is 17.9. The van der Waals surface area contributed by atoms with Crippen LogP contribution >= 0.6 is 11.6 Å². The summed E-state index contributed by atoms with van der Waals surface area (Å²) in [5, 5.41) is 5.20. The Morgan fingerprint density at radius 2 is 1.59 bits per heavy atom. The summed E-state index contributed by atoms with van der Waals surface area (Å²) < 4.78 is 31.6. The Morgan fingerprint density at radius 3 is 2.22 bits per heavy atom. The maximum Gasteiger partial charge on any atom is 0.276 e. The Morgan fingerprint density at radius 1 is 0.946 bits per heavy atom. The minimum Gasteiger partial charge on any atom is -0.497 e. The van der Waals surface area contributed by atoms with Gasteiger partial charge in [-0.1, -0.05) is 72.8 Å². The molecule has 1 aliphatic carbocycles. The van der Waals surface area contributed by atoms with Crippen LogP contribution in [0.4, 0.5) is 0 Å².